The highest BCUT2D eigenvalue weighted by atomic mass is 32.2. The molecule has 2 aliphatic rings. The summed E-state index contributed by atoms with van der Waals surface area (Å²) in [6.45, 7) is 2.88. The number of ether oxygens (including phenoxy) is 1. The predicted molar refractivity (Wildman–Crippen MR) is 71.5 cm³/mol. The van der Waals surface area contributed by atoms with Crippen molar-refractivity contribution in [1.29, 1.82) is 0 Å². The number of morpholine rings is 1. The lowest BCUT2D eigenvalue weighted by Gasteiger charge is -2.38. The lowest BCUT2D eigenvalue weighted by molar-refractivity contribution is -0.0638. The minimum absolute atomic E-state index is 0.117. The standard InChI is InChI=1S/C12H24N2O3S/c1-13-11(5-7-18(2,15)16)12-8-14-6-3-4-10(14)9-17-12/h10-13H,3-9H2,1-2H3. The molecule has 0 saturated carbocycles. The lowest BCUT2D eigenvalue weighted by Crippen LogP contribution is -2.53. The van der Waals surface area contributed by atoms with Gasteiger partial charge in [-0.1, -0.05) is 0 Å². The molecular formula is C12H24N2O3S. The van der Waals surface area contributed by atoms with E-state index >= 15 is 0 Å². The van der Waals surface area contributed by atoms with Crippen LogP contribution < -0.4 is 5.32 Å². The summed E-state index contributed by atoms with van der Waals surface area (Å²) in [6, 6.07) is 0.718. The molecule has 3 atom stereocenters. The largest absolute Gasteiger partial charge is 0.374 e. The van der Waals surface area contributed by atoms with Gasteiger partial charge in [-0.15, -0.1) is 0 Å². The molecule has 0 amide bonds. The van der Waals surface area contributed by atoms with Gasteiger partial charge in [0.2, 0.25) is 0 Å². The summed E-state index contributed by atoms with van der Waals surface area (Å²) in [5, 5.41) is 3.21. The molecule has 2 saturated heterocycles. The van der Waals surface area contributed by atoms with Crippen LogP contribution in [0.1, 0.15) is 19.3 Å². The minimum Gasteiger partial charge on any atom is -0.374 e. The zero-order valence-electron chi connectivity index (χ0n) is 11.3. The van der Waals surface area contributed by atoms with Crippen LogP contribution in [0.25, 0.3) is 0 Å². The molecule has 0 spiro atoms. The van der Waals surface area contributed by atoms with Gasteiger partial charge in [0.25, 0.3) is 0 Å². The SMILES string of the molecule is CNC(CCS(C)(=O)=O)C1CN2CCCC2CO1. The maximum atomic E-state index is 11.2. The third-order valence-electron chi connectivity index (χ3n) is 4.04. The smallest absolute Gasteiger partial charge is 0.147 e. The molecule has 0 aromatic carbocycles. The van der Waals surface area contributed by atoms with Gasteiger partial charge < -0.3 is 10.1 Å². The topological polar surface area (TPSA) is 58.6 Å². The van der Waals surface area contributed by atoms with Gasteiger partial charge in [-0.05, 0) is 32.9 Å². The van der Waals surface area contributed by atoms with E-state index in [-0.39, 0.29) is 17.9 Å². The number of likely N-dealkylation sites (N-methyl/N-ethyl adjacent to an activating group) is 1. The summed E-state index contributed by atoms with van der Waals surface area (Å²) in [5.41, 5.74) is 0. The van der Waals surface area contributed by atoms with Crippen LogP contribution in [0, 0.1) is 0 Å². The Morgan fingerprint density at radius 3 is 2.94 bits per heavy atom. The Morgan fingerprint density at radius 2 is 2.28 bits per heavy atom. The van der Waals surface area contributed by atoms with E-state index < -0.39 is 9.84 Å². The first kappa shape index (κ1) is 14.2. The Morgan fingerprint density at radius 1 is 1.50 bits per heavy atom. The molecule has 6 heteroatoms. The highest BCUT2D eigenvalue weighted by molar-refractivity contribution is 7.90. The van der Waals surface area contributed by atoms with Crippen LogP contribution in [0.5, 0.6) is 0 Å². The van der Waals surface area contributed by atoms with Crippen LogP contribution in [-0.2, 0) is 14.6 Å². The first-order valence-electron chi connectivity index (χ1n) is 6.70. The molecule has 0 aliphatic carbocycles. The van der Waals surface area contributed by atoms with Crippen LogP contribution >= 0.6 is 0 Å². The Labute approximate surface area is 110 Å². The molecule has 0 aromatic rings. The van der Waals surface area contributed by atoms with E-state index in [1.807, 2.05) is 7.05 Å². The van der Waals surface area contributed by atoms with Crippen molar-refractivity contribution in [2.75, 3.05) is 38.8 Å². The third kappa shape index (κ3) is 3.66. The monoisotopic (exact) mass is 276 g/mol. The average molecular weight is 276 g/mol. The van der Waals surface area contributed by atoms with Crippen molar-refractivity contribution in [3.8, 4) is 0 Å². The quantitative estimate of drug-likeness (QED) is 0.758. The predicted octanol–water partition coefficient (Wildman–Crippen LogP) is -0.128. The molecule has 0 aromatic heterocycles. The molecule has 1 N–H and O–H groups in total. The molecule has 0 radical (unpaired) electrons. The van der Waals surface area contributed by atoms with Crippen molar-refractivity contribution in [3.05, 3.63) is 0 Å². The van der Waals surface area contributed by atoms with Crippen LogP contribution in [-0.4, -0.2) is 70.3 Å². The van der Waals surface area contributed by atoms with E-state index in [1.165, 1.54) is 19.1 Å². The summed E-state index contributed by atoms with van der Waals surface area (Å²) in [6.07, 6.45) is 4.52. The number of nitrogens with zero attached hydrogens (tertiary/aromatic N) is 1. The summed E-state index contributed by atoms with van der Waals surface area (Å²) >= 11 is 0. The van der Waals surface area contributed by atoms with Crippen molar-refractivity contribution >= 4 is 9.84 Å². The van der Waals surface area contributed by atoms with Crippen LogP contribution in [0.3, 0.4) is 0 Å². The van der Waals surface area contributed by atoms with Crippen LogP contribution in [0.4, 0.5) is 0 Å². The summed E-state index contributed by atoms with van der Waals surface area (Å²) in [7, 11) is -1.01. The van der Waals surface area contributed by atoms with Gasteiger partial charge in [-0.25, -0.2) is 8.42 Å². The lowest BCUT2D eigenvalue weighted by atomic mass is 10.1. The molecule has 2 fully saturated rings. The first-order valence-corrected chi connectivity index (χ1v) is 8.76. The maximum absolute atomic E-state index is 11.2. The van der Waals surface area contributed by atoms with E-state index in [1.54, 1.807) is 0 Å². The first-order chi connectivity index (χ1) is 8.49. The molecule has 2 aliphatic heterocycles. The second kappa shape index (κ2) is 5.86. The molecule has 0 bridgehead atoms. The fourth-order valence-electron chi connectivity index (χ4n) is 2.94. The van der Waals surface area contributed by atoms with E-state index in [0.717, 1.165) is 19.7 Å². The second-order valence-electron chi connectivity index (χ2n) is 5.48. The van der Waals surface area contributed by atoms with Crippen molar-refractivity contribution < 1.29 is 13.2 Å². The zero-order valence-corrected chi connectivity index (χ0v) is 12.1. The highest BCUT2D eigenvalue weighted by Gasteiger charge is 2.35. The number of nitrogens with one attached hydrogen (secondary N) is 1. The van der Waals surface area contributed by atoms with E-state index in [4.69, 9.17) is 4.74 Å². The van der Waals surface area contributed by atoms with Crippen molar-refractivity contribution in [2.24, 2.45) is 0 Å². The van der Waals surface area contributed by atoms with Gasteiger partial charge >= 0.3 is 0 Å². The molecule has 106 valence electrons. The summed E-state index contributed by atoms with van der Waals surface area (Å²) in [4.78, 5) is 2.49. The molecule has 5 nitrogen and oxygen atoms in total. The molecule has 3 unspecified atom stereocenters. The van der Waals surface area contributed by atoms with Crippen molar-refractivity contribution in [1.82, 2.24) is 10.2 Å². The maximum Gasteiger partial charge on any atom is 0.147 e. The number of hydrogen-bond acceptors (Lipinski definition) is 5. The number of hydrogen-bond donors (Lipinski definition) is 1. The minimum atomic E-state index is -2.89. The van der Waals surface area contributed by atoms with Gasteiger partial charge in [-0.3, -0.25) is 4.90 Å². The van der Waals surface area contributed by atoms with Crippen molar-refractivity contribution in [2.45, 2.75) is 37.5 Å². The fraction of sp³-hybridized carbons (Fsp3) is 1.00. The number of rotatable bonds is 5. The van der Waals surface area contributed by atoms with E-state index in [2.05, 4.69) is 10.2 Å². The summed E-state index contributed by atoms with van der Waals surface area (Å²) < 4.78 is 28.4. The second-order valence-corrected chi connectivity index (χ2v) is 7.74. The van der Waals surface area contributed by atoms with Gasteiger partial charge in [-0.2, -0.15) is 0 Å². The highest BCUT2D eigenvalue weighted by Crippen LogP contribution is 2.24. The Balaban J connectivity index is 1.88. The van der Waals surface area contributed by atoms with Gasteiger partial charge in [0.15, 0.2) is 0 Å². The zero-order chi connectivity index (χ0) is 13.2. The van der Waals surface area contributed by atoms with Gasteiger partial charge in [0, 0.05) is 24.9 Å². The normalized spacial score (nSPS) is 31.2. The Bertz CT molecular complexity index is 372. The number of sulfone groups is 1. The van der Waals surface area contributed by atoms with Gasteiger partial charge in [0.05, 0.1) is 18.5 Å². The van der Waals surface area contributed by atoms with Crippen molar-refractivity contribution in [3.63, 3.8) is 0 Å². The van der Waals surface area contributed by atoms with Crippen LogP contribution in [0.2, 0.25) is 0 Å². The molecular weight excluding hydrogens is 252 g/mol. The average Bonchev–Trinajstić information content (AvgIpc) is 2.75. The Hall–Kier alpha value is -0.170. The van der Waals surface area contributed by atoms with Gasteiger partial charge in [0.1, 0.15) is 9.84 Å². The molecule has 2 heterocycles. The fourth-order valence-corrected chi connectivity index (χ4v) is 3.63. The summed E-state index contributed by atoms with van der Waals surface area (Å²) in [5.74, 6) is 0.224. The van der Waals surface area contributed by atoms with E-state index in [0.29, 0.717) is 12.5 Å². The van der Waals surface area contributed by atoms with Crippen LogP contribution in [0.15, 0.2) is 0 Å². The molecule has 2 rings (SSSR count). The molecule has 18 heavy (non-hydrogen) atoms. The number of fused-ring (bicyclic) bond motifs is 1. The Kier molecular flexibility index (Phi) is 4.64. The third-order valence-corrected chi connectivity index (χ3v) is 5.01. The van der Waals surface area contributed by atoms with E-state index in [9.17, 15) is 8.42 Å².